The molecule has 0 bridgehead atoms. The van der Waals surface area contributed by atoms with Gasteiger partial charge < -0.3 is 19.9 Å². The Hall–Kier alpha value is -0.940. The number of ether oxygens (including phenoxy) is 3. The Balaban J connectivity index is 1.74. The standard InChI is InChI=1S/C17H25NO3/c1-19-17(7-10-20-11-8-17)16(18)12-15-14-5-3-2-4-13(14)6-9-21-15/h2-5,15-16H,6-12,18H2,1H3. The van der Waals surface area contributed by atoms with Crippen LogP contribution < -0.4 is 5.73 Å². The molecule has 2 heterocycles. The number of fused-ring (bicyclic) bond motifs is 1. The molecule has 2 N–H and O–H groups in total. The second kappa shape index (κ2) is 6.44. The first-order chi connectivity index (χ1) is 10.2. The van der Waals surface area contributed by atoms with Crippen molar-refractivity contribution in [3.8, 4) is 0 Å². The second-order valence-electron chi connectivity index (χ2n) is 6.03. The van der Waals surface area contributed by atoms with Gasteiger partial charge in [0.15, 0.2) is 0 Å². The minimum atomic E-state index is -0.270. The third kappa shape index (κ3) is 2.99. The van der Waals surface area contributed by atoms with Crippen LogP contribution in [-0.4, -0.2) is 38.6 Å². The zero-order valence-electron chi connectivity index (χ0n) is 12.7. The summed E-state index contributed by atoms with van der Waals surface area (Å²) in [5, 5.41) is 0. The summed E-state index contributed by atoms with van der Waals surface area (Å²) in [4.78, 5) is 0. The summed E-state index contributed by atoms with van der Waals surface area (Å²) in [5.74, 6) is 0. The zero-order valence-corrected chi connectivity index (χ0v) is 12.7. The van der Waals surface area contributed by atoms with E-state index < -0.39 is 0 Å². The van der Waals surface area contributed by atoms with Gasteiger partial charge in [-0.05, 0) is 24.0 Å². The Morgan fingerprint density at radius 2 is 2.05 bits per heavy atom. The Labute approximate surface area is 126 Å². The normalized spacial score (nSPS) is 26.1. The quantitative estimate of drug-likeness (QED) is 0.924. The fourth-order valence-corrected chi connectivity index (χ4v) is 3.56. The molecule has 4 heteroatoms. The van der Waals surface area contributed by atoms with Crippen LogP contribution in [-0.2, 0) is 20.6 Å². The van der Waals surface area contributed by atoms with E-state index in [0.29, 0.717) is 0 Å². The largest absolute Gasteiger partial charge is 0.381 e. The minimum absolute atomic E-state index is 0.0393. The van der Waals surface area contributed by atoms with E-state index in [1.807, 2.05) is 0 Å². The number of methoxy groups -OCH3 is 1. The van der Waals surface area contributed by atoms with Crippen LogP contribution in [0.5, 0.6) is 0 Å². The third-order valence-corrected chi connectivity index (χ3v) is 4.98. The molecular weight excluding hydrogens is 266 g/mol. The van der Waals surface area contributed by atoms with Crippen LogP contribution >= 0.6 is 0 Å². The smallest absolute Gasteiger partial charge is 0.0873 e. The van der Waals surface area contributed by atoms with Crippen molar-refractivity contribution >= 4 is 0 Å². The van der Waals surface area contributed by atoms with Crippen molar-refractivity contribution in [1.29, 1.82) is 0 Å². The van der Waals surface area contributed by atoms with Gasteiger partial charge in [0.05, 0.1) is 18.3 Å². The van der Waals surface area contributed by atoms with Crippen LogP contribution in [0.4, 0.5) is 0 Å². The van der Waals surface area contributed by atoms with E-state index >= 15 is 0 Å². The first-order valence-electron chi connectivity index (χ1n) is 7.83. The second-order valence-corrected chi connectivity index (χ2v) is 6.03. The molecule has 2 aliphatic heterocycles. The van der Waals surface area contributed by atoms with E-state index in [4.69, 9.17) is 19.9 Å². The highest BCUT2D eigenvalue weighted by atomic mass is 16.5. The Bertz CT molecular complexity index is 471. The number of rotatable bonds is 4. The SMILES string of the molecule is COC1(C(N)CC2OCCc3ccccc32)CCOCC1. The summed E-state index contributed by atoms with van der Waals surface area (Å²) < 4.78 is 17.3. The molecule has 1 aromatic carbocycles. The van der Waals surface area contributed by atoms with Gasteiger partial charge in [-0.2, -0.15) is 0 Å². The topological polar surface area (TPSA) is 53.7 Å². The van der Waals surface area contributed by atoms with Crippen LogP contribution in [0.3, 0.4) is 0 Å². The van der Waals surface area contributed by atoms with Crippen molar-refractivity contribution in [3.63, 3.8) is 0 Å². The van der Waals surface area contributed by atoms with Gasteiger partial charge in [0.2, 0.25) is 0 Å². The molecule has 0 saturated carbocycles. The van der Waals surface area contributed by atoms with Gasteiger partial charge in [0, 0.05) is 39.2 Å². The molecule has 1 aromatic rings. The predicted octanol–water partition coefficient (Wildman–Crippen LogP) is 2.21. The Kier molecular flexibility index (Phi) is 4.60. The highest BCUT2D eigenvalue weighted by Crippen LogP contribution is 2.35. The number of hydrogen-bond donors (Lipinski definition) is 1. The van der Waals surface area contributed by atoms with Gasteiger partial charge in [0.1, 0.15) is 0 Å². The summed E-state index contributed by atoms with van der Waals surface area (Å²) >= 11 is 0. The molecule has 1 saturated heterocycles. The maximum absolute atomic E-state index is 6.52. The maximum Gasteiger partial charge on any atom is 0.0873 e. The average Bonchev–Trinajstić information content (AvgIpc) is 2.56. The molecular formula is C17H25NO3. The van der Waals surface area contributed by atoms with E-state index in [2.05, 4.69) is 24.3 Å². The van der Waals surface area contributed by atoms with E-state index in [9.17, 15) is 0 Å². The van der Waals surface area contributed by atoms with Crippen molar-refractivity contribution < 1.29 is 14.2 Å². The highest BCUT2D eigenvalue weighted by Gasteiger charge is 2.40. The number of nitrogens with two attached hydrogens (primary N) is 1. The first kappa shape index (κ1) is 15.0. The summed E-state index contributed by atoms with van der Waals surface area (Å²) in [6.07, 6.45) is 3.59. The van der Waals surface area contributed by atoms with Gasteiger partial charge in [-0.25, -0.2) is 0 Å². The van der Waals surface area contributed by atoms with Crippen LogP contribution in [0.1, 0.15) is 36.5 Å². The van der Waals surface area contributed by atoms with E-state index in [0.717, 1.165) is 45.5 Å². The van der Waals surface area contributed by atoms with Crippen LogP contribution in [0, 0.1) is 0 Å². The molecule has 0 radical (unpaired) electrons. The third-order valence-electron chi connectivity index (χ3n) is 4.98. The molecule has 0 amide bonds. The lowest BCUT2D eigenvalue weighted by Gasteiger charge is -2.42. The van der Waals surface area contributed by atoms with Gasteiger partial charge >= 0.3 is 0 Å². The van der Waals surface area contributed by atoms with Crippen molar-refractivity contribution in [2.45, 2.75) is 43.4 Å². The van der Waals surface area contributed by atoms with Gasteiger partial charge in [-0.1, -0.05) is 24.3 Å². The fraction of sp³-hybridized carbons (Fsp3) is 0.647. The average molecular weight is 291 g/mol. The van der Waals surface area contributed by atoms with Crippen molar-refractivity contribution in [2.24, 2.45) is 5.73 Å². The summed E-state index contributed by atoms with van der Waals surface area (Å²) in [6.45, 7) is 2.23. The fourth-order valence-electron chi connectivity index (χ4n) is 3.56. The molecule has 21 heavy (non-hydrogen) atoms. The van der Waals surface area contributed by atoms with Crippen LogP contribution in [0.2, 0.25) is 0 Å². The minimum Gasteiger partial charge on any atom is -0.381 e. The van der Waals surface area contributed by atoms with Crippen molar-refractivity contribution in [1.82, 2.24) is 0 Å². The molecule has 3 rings (SSSR count). The molecule has 0 spiro atoms. The lowest BCUT2D eigenvalue weighted by atomic mass is 9.81. The summed E-state index contributed by atoms with van der Waals surface area (Å²) in [5.41, 5.74) is 8.93. The molecule has 2 atom stereocenters. The van der Waals surface area contributed by atoms with Gasteiger partial charge in [0.25, 0.3) is 0 Å². The molecule has 1 fully saturated rings. The maximum atomic E-state index is 6.52. The monoisotopic (exact) mass is 291 g/mol. The van der Waals surface area contributed by atoms with Crippen LogP contribution in [0.15, 0.2) is 24.3 Å². The number of hydrogen-bond acceptors (Lipinski definition) is 4. The van der Waals surface area contributed by atoms with E-state index in [1.165, 1.54) is 11.1 Å². The summed E-state index contributed by atoms with van der Waals surface area (Å²) in [6, 6.07) is 8.48. The molecule has 4 nitrogen and oxygen atoms in total. The van der Waals surface area contributed by atoms with Crippen LogP contribution in [0.25, 0.3) is 0 Å². The van der Waals surface area contributed by atoms with Crippen molar-refractivity contribution in [3.05, 3.63) is 35.4 Å². The molecule has 2 aliphatic rings. The first-order valence-corrected chi connectivity index (χ1v) is 7.83. The molecule has 0 aliphatic carbocycles. The van der Waals surface area contributed by atoms with Gasteiger partial charge in [-0.3, -0.25) is 0 Å². The lowest BCUT2D eigenvalue weighted by molar-refractivity contribution is -0.113. The molecule has 0 aromatic heterocycles. The van der Waals surface area contributed by atoms with Crippen molar-refractivity contribution in [2.75, 3.05) is 26.9 Å². The Morgan fingerprint density at radius 3 is 2.81 bits per heavy atom. The zero-order chi connectivity index (χ0) is 14.7. The lowest BCUT2D eigenvalue weighted by Crippen LogP contribution is -2.53. The predicted molar refractivity (Wildman–Crippen MR) is 81.2 cm³/mol. The highest BCUT2D eigenvalue weighted by molar-refractivity contribution is 5.31. The summed E-state index contributed by atoms with van der Waals surface area (Å²) in [7, 11) is 1.76. The van der Waals surface area contributed by atoms with E-state index in [1.54, 1.807) is 7.11 Å². The Morgan fingerprint density at radius 1 is 1.29 bits per heavy atom. The number of benzene rings is 1. The van der Waals surface area contributed by atoms with Gasteiger partial charge in [-0.15, -0.1) is 0 Å². The molecule has 2 unspecified atom stereocenters. The molecule has 116 valence electrons. The van der Waals surface area contributed by atoms with E-state index in [-0.39, 0.29) is 17.7 Å².